The molecule has 1 aromatic heterocycles. The van der Waals surface area contributed by atoms with Gasteiger partial charge in [0.15, 0.2) is 5.82 Å². The van der Waals surface area contributed by atoms with Crippen molar-refractivity contribution in [3.05, 3.63) is 52.6 Å². The fourth-order valence-corrected chi connectivity index (χ4v) is 3.39. The second-order valence-corrected chi connectivity index (χ2v) is 6.96. The number of methoxy groups -OCH3 is 1. The molecule has 0 atom stereocenters. The molecule has 1 aliphatic heterocycles. The lowest BCUT2D eigenvalue weighted by molar-refractivity contribution is -0.384. The number of nitro benzene ring substituents is 1. The van der Waals surface area contributed by atoms with Crippen LogP contribution in [0.1, 0.15) is 0 Å². The third kappa shape index (κ3) is 4.47. The normalized spacial score (nSPS) is 14.6. The summed E-state index contributed by atoms with van der Waals surface area (Å²) in [7, 11) is 1.61. The highest BCUT2D eigenvalue weighted by Gasteiger charge is 2.15. The van der Waals surface area contributed by atoms with E-state index in [2.05, 4.69) is 15.2 Å². The Morgan fingerprint density at radius 2 is 1.93 bits per heavy atom. The Morgan fingerprint density at radius 3 is 2.63 bits per heavy atom. The Balaban J connectivity index is 1.65. The molecule has 0 amide bonds. The molecule has 0 saturated carbocycles. The van der Waals surface area contributed by atoms with Crippen molar-refractivity contribution in [1.29, 1.82) is 0 Å². The predicted octanol–water partition coefficient (Wildman–Crippen LogP) is 2.96. The van der Waals surface area contributed by atoms with Gasteiger partial charge >= 0.3 is 0 Å². The van der Waals surface area contributed by atoms with E-state index in [1.807, 2.05) is 24.3 Å². The first kappa shape index (κ1) is 20.0. The molecule has 1 N–H and O–H groups in total. The number of nitrogens with zero attached hydrogens (tertiary/aromatic N) is 4. The van der Waals surface area contributed by atoms with Crippen LogP contribution in [-0.2, 0) is 4.74 Å². The lowest BCUT2D eigenvalue weighted by atomic mass is 10.1. The standard InChI is InChI=1S/C21H23N5O4/c1-29-17-5-2-15(3-6-17)20-23-19-14-16(26(27)28)4-7-18(19)21(24-20)22-8-9-25-10-12-30-13-11-25/h2-7,14H,8-13H2,1H3,(H,22,23,24). The summed E-state index contributed by atoms with van der Waals surface area (Å²) in [6.07, 6.45) is 0. The van der Waals surface area contributed by atoms with Gasteiger partial charge in [0.1, 0.15) is 11.6 Å². The van der Waals surface area contributed by atoms with Gasteiger partial charge in [-0.15, -0.1) is 0 Å². The minimum atomic E-state index is -0.417. The number of nitrogens with one attached hydrogen (secondary N) is 1. The number of hydrogen-bond acceptors (Lipinski definition) is 8. The molecule has 3 aromatic rings. The number of ether oxygens (including phenoxy) is 2. The van der Waals surface area contributed by atoms with E-state index in [0.29, 0.717) is 23.7 Å². The molecule has 1 saturated heterocycles. The van der Waals surface area contributed by atoms with Gasteiger partial charge in [-0.3, -0.25) is 15.0 Å². The Morgan fingerprint density at radius 1 is 1.17 bits per heavy atom. The van der Waals surface area contributed by atoms with Crippen LogP contribution in [-0.4, -0.2) is 66.3 Å². The second kappa shape index (κ2) is 9.02. The average Bonchev–Trinajstić information content (AvgIpc) is 2.79. The predicted molar refractivity (Wildman–Crippen MR) is 114 cm³/mol. The van der Waals surface area contributed by atoms with Crippen LogP contribution in [0, 0.1) is 10.1 Å². The maximum absolute atomic E-state index is 11.2. The molecule has 1 aliphatic rings. The number of fused-ring (bicyclic) bond motifs is 1. The first-order valence-electron chi connectivity index (χ1n) is 9.78. The first-order valence-corrected chi connectivity index (χ1v) is 9.78. The SMILES string of the molecule is COc1ccc(-c2nc(NCCN3CCOCC3)c3ccc([N+](=O)[O-])cc3n2)cc1. The van der Waals surface area contributed by atoms with E-state index in [9.17, 15) is 10.1 Å². The summed E-state index contributed by atoms with van der Waals surface area (Å²) in [5.74, 6) is 1.90. The van der Waals surface area contributed by atoms with Crippen molar-refractivity contribution in [2.24, 2.45) is 0 Å². The molecule has 4 rings (SSSR count). The molecular formula is C21H23N5O4. The van der Waals surface area contributed by atoms with Crippen molar-refractivity contribution in [3.63, 3.8) is 0 Å². The highest BCUT2D eigenvalue weighted by molar-refractivity contribution is 5.92. The van der Waals surface area contributed by atoms with E-state index in [0.717, 1.165) is 49.5 Å². The zero-order chi connectivity index (χ0) is 20.9. The van der Waals surface area contributed by atoms with Crippen molar-refractivity contribution in [2.75, 3.05) is 51.8 Å². The highest BCUT2D eigenvalue weighted by Crippen LogP contribution is 2.28. The molecule has 9 heteroatoms. The summed E-state index contributed by atoms with van der Waals surface area (Å²) in [5.41, 5.74) is 1.33. The quantitative estimate of drug-likeness (QED) is 0.469. The van der Waals surface area contributed by atoms with Crippen LogP contribution in [0.15, 0.2) is 42.5 Å². The number of nitro groups is 1. The molecule has 1 fully saturated rings. The van der Waals surface area contributed by atoms with Gasteiger partial charge in [-0.1, -0.05) is 0 Å². The Bertz CT molecular complexity index is 1040. The molecule has 2 heterocycles. The van der Waals surface area contributed by atoms with Crippen LogP contribution in [0.5, 0.6) is 5.75 Å². The van der Waals surface area contributed by atoms with Crippen LogP contribution in [0.2, 0.25) is 0 Å². The van der Waals surface area contributed by atoms with Crippen molar-refractivity contribution in [2.45, 2.75) is 0 Å². The molecule has 2 aromatic carbocycles. The molecule has 30 heavy (non-hydrogen) atoms. The fraction of sp³-hybridized carbons (Fsp3) is 0.333. The molecular weight excluding hydrogens is 386 g/mol. The fourth-order valence-electron chi connectivity index (χ4n) is 3.39. The van der Waals surface area contributed by atoms with Gasteiger partial charge in [0.05, 0.1) is 30.8 Å². The van der Waals surface area contributed by atoms with E-state index in [-0.39, 0.29) is 5.69 Å². The van der Waals surface area contributed by atoms with Gasteiger partial charge in [-0.25, -0.2) is 9.97 Å². The molecule has 0 bridgehead atoms. The van der Waals surface area contributed by atoms with Crippen LogP contribution >= 0.6 is 0 Å². The minimum absolute atomic E-state index is 0.00106. The molecule has 0 spiro atoms. The maximum Gasteiger partial charge on any atom is 0.271 e. The monoisotopic (exact) mass is 409 g/mol. The van der Waals surface area contributed by atoms with Gasteiger partial charge < -0.3 is 14.8 Å². The van der Waals surface area contributed by atoms with Crippen molar-refractivity contribution in [3.8, 4) is 17.1 Å². The number of anilines is 1. The molecule has 0 radical (unpaired) electrons. The van der Waals surface area contributed by atoms with E-state index in [1.165, 1.54) is 12.1 Å². The van der Waals surface area contributed by atoms with E-state index in [4.69, 9.17) is 14.5 Å². The van der Waals surface area contributed by atoms with Crippen LogP contribution in [0.4, 0.5) is 11.5 Å². The van der Waals surface area contributed by atoms with Crippen LogP contribution in [0.25, 0.3) is 22.3 Å². The third-order valence-corrected chi connectivity index (χ3v) is 5.06. The number of morpholine rings is 1. The zero-order valence-corrected chi connectivity index (χ0v) is 16.7. The topological polar surface area (TPSA) is 103 Å². The summed E-state index contributed by atoms with van der Waals surface area (Å²) in [5, 5.41) is 15.4. The molecule has 156 valence electrons. The van der Waals surface area contributed by atoms with Crippen LogP contribution in [0.3, 0.4) is 0 Å². The summed E-state index contributed by atoms with van der Waals surface area (Å²) in [4.78, 5) is 22.4. The second-order valence-electron chi connectivity index (χ2n) is 6.96. The summed E-state index contributed by atoms with van der Waals surface area (Å²) >= 11 is 0. The molecule has 0 unspecified atom stereocenters. The van der Waals surface area contributed by atoms with Gasteiger partial charge in [0, 0.05) is 49.3 Å². The van der Waals surface area contributed by atoms with E-state index in [1.54, 1.807) is 13.2 Å². The third-order valence-electron chi connectivity index (χ3n) is 5.06. The Hall–Kier alpha value is -3.30. The summed E-state index contributed by atoms with van der Waals surface area (Å²) in [6.45, 7) is 4.89. The number of hydrogen-bond donors (Lipinski definition) is 1. The number of benzene rings is 2. The van der Waals surface area contributed by atoms with Crippen molar-refractivity contribution >= 4 is 22.4 Å². The van der Waals surface area contributed by atoms with E-state index >= 15 is 0 Å². The Kier molecular flexibility index (Phi) is 6.01. The van der Waals surface area contributed by atoms with Gasteiger partial charge in [0.2, 0.25) is 0 Å². The average molecular weight is 409 g/mol. The summed E-state index contributed by atoms with van der Waals surface area (Å²) in [6, 6.07) is 12.1. The van der Waals surface area contributed by atoms with E-state index < -0.39 is 4.92 Å². The smallest absolute Gasteiger partial charge is 0.271 e. The van der Waals surface area contributed by atoms with Gasteiger partial charge in [0.25, 0.3) is 5.69 Å². The zero-order valence-electron chi connectivity index (χ0n) is 16.7. The number of non-ortho nitro benzene ring substituents is 1. The van der Waals surface area contributed by atoms with Crippen molar-refractivity contribution in [1.82, 2.24) is 14.9 Å². The van der Waals surface area contributed by atoms with Crippen LogP contribution < -0.4 is 10.1 Å². The molecule has 0 aliphatic carbocycles. The lowest BCUT2D eigenvalue weighted by Gasteiger charge is -2.26. The van der Waals surface area contributed by atoms with Crippen molar-refractivity contribution < 1.29 is 14.4 Å². The lowest BCUT2D eigenvalue weighted by Crippen LogP contribution is -2.39. The first-order chi connectivity index (χ1) is 14.6. The minimum Gasteiger partial charge on any atom is -0.497 e. The Labute approximate surface area is 173 Å². The van der Waals surface area contributed by atoms with Gasteiger partial charge in [-0.05, 0) is 30.3 Å². The number of rotatable bonds is 7. The summed E-state index contributed by atoms with van der Waals surface area (Å²) < 4.78 is 10.6. The molecule has 9 nitrogen and oxygen atoms in total. The largest absolute Gasteiger partial charge is 0.497 e. The van der Waals surface area contributed by atoms with Gasteiger partial charge in [-0.2, -0.15) is 0 Å². The maximum atomic E-state index is 11.2. The number of aromatic nitrogens is 2. The highest BCUT2D eigenvalue weighted by atomic mass is 16.6.